The number of nitrogens with zero attached hydrogens (tertiary/aromatic N) is 2. The first-order valence-corrected chi connectivity index (χ1v) is 7.92. The highest BCUT2D eigenvalue weighted by atomic mass is 127. The average Bonchev–Trinajstić information content (AvgIpc) is 2.55. The minimum Gasteiger partial charge on any atom is -0.372 e. The molecule has 0 aliphatic carbocycles. The van der Waals surface area contributed by atoms with Crippen molar-refractivity contribution in [3.05, 3.63) is 60.3 Å². The van der Waals surface area contributed by atoms with Crippen molar-refractivity contribution in [2.75, 3.05) is 24.5 Å². The summed E-state index contributed by atoms with van der Waals surface area (Å²) in [5, 5.41) is 0. The molecular formula is C19H27IN2. The van der Waals surface area contributed by atoms with Crippen LogP contribution in [-0.2, 0) is 0 Å². The van der Waals surface area contributed by atoms with Gasteiger partial charge in [0.25, 0.3) is 0 Å². The normalized spacial score (nSPS) is 16.9. The number of benzene rings is 1. The molecule has 1 aromatic rings. The molecule has 0 saturated heterocycles. The Morgan fingerprint density at radius 2 is 1.73 bits per heavy atom. The molecule has 22 heavy (non-hydrogen) atoms. The summed E-state index contributed by atoms with van der Waals surface area (Å²) < 4.78 is 0. The number of rotatable bonds is 6. The lowest BCUT2D eigenvalue weighted by Gasteiger charge is -2.26. The molecule has 1 aromatic carbocycles. The highest BCUT2D eigenvalue weighted by Gasteiger charge is 2.08. The smallest absolute Gasteiger partial charge is 0.0657 e. The van der Waals surface area contributed by atoms with Crippen LogP contribution in [0.4, 0.5) is 5.69 Å². The number of hydrogen-bond donors (Lipinski definition) is 0. The Labute approximate surface area is 152 Å². The summed E-state index contributed by atoms with van der Waals surface area (Å²) >= 11 is 0. The van der Waals surface area contributed by atoms with E-state index in [0.29, 0.717) is 6.04 Å². The fourth-order valence-corrected chi connectivity index (χ4v) is 2.63. The molecule has 1 aliphatic heterocycles. The number of likely N-dealkylation sites (N-methyl/N-ethyl adjacent to an activating group) is 1. The van der Waals surface area contributed by atoms with Gasteiger partial charge in [-0.05, 0) is 50.7 Å². The minimum absolute atomic E-state index is 0. The molecular weight excluding hydrogens is 383 g/mol. The van der Waals surface area contributed by atoms with Crippen LogP contribution in [0, 0.1) is 0 Å². The Morgan fingerprint density at radius 3 is 2.32 bits per heavy atom. The summed E-state index contributed by atoms with van der Waals surface area (Å²) in [4.78, 5) is 4.68. The maximum absolute atomic E-state index is 2.36. The molecule has 1 heterocycles. The molecule has 2 rings (SSSR count). The number of anilines is 1. The van der Waals surface area contributed by atoms with Crippen molar-refractivity contribution < 1.29 is 0 Å². The topological polar surface area (TPSA) is 6.48 Å². The Hall–Kier alpha value is -1.23. The van der Waals surface area contributed by atoms with Gasteiger partial charge in [-0.15, -0.1) is 24.0 Å². The molecule has 1 atom stereocenters. The van der Waals surface area contributed by atoms with E-state index in [-0.39, 0.29) is 24.0 Å². The van der Waals surface area contributed by atoms with E-state index in [1.807, 2.05) is 0 Å². The van der Waals surface area contributed by atoms with Crippen molar-refractivity contribution in [2.24, 2.45) is 0 Å². The van der Waals surface area contributed by atoms with Crippen LogP contribution in [0.15, 0.2) is 54.8 Å². The molecule has 3 heteroatoms. The summed E-state index contributed by atoms with van der Waals surface area (Å²) in [6.45, 7) is 9.70. The standard InChI is InChI=1S/C19H26N2.HI/c1-4-20(5-2)19-14-11-17(12-15-19)10-13-18-9-7-8-16-21(18)6-3;/h7-16,18H,4-6H2,1-3H3;1H/b13-10+;. The zero-order valence-electron chi connectivity index (χ0n) is 13.8. The van der Waals surface area contributed by atoms with Crippen molar-refractivity contribution in [3.63, 3.8) is 0 Å². The molecule has 0 radical (unpaired) electrons. The van der Waals surface area contributed by atoms with Gasteiger partial charge in [0.1, 0.15) is 0 Å². The van der Waals surface area contributed by atoms with E-state index in [4.69, 9.17) is 0 Å². The van der Waals surface area contributed by atoms with Gasteiger partial charge in [-0.2, -0.15) is 0 Å². The lowest BCUT2D eigenvalue weighted by Crippen LogP contribution is -2.28. The van der Waals surface area contributed by atoms with Crippen LogP contribution in [0.3, 0.4) is 0 Å². The molecule has 0 saturated carbocycles. The molecule has 1 unspecified atom stereocenters. The second kappa shape index (κ2) is 9.72. The molecule has 2 nitrogen and oxygen atoms in total. The number of hydrogen-bond acceptors (Lipinski definition) is 2. The van der Waals surface area contributed by atoms with Crippen molar-refractivity contribution in [1.82, 2.24) is 4.90 Å². The number of halogens is 1. The van der Waals surface area contributed by atoms with Crippen molar-refractivity contribution in [1.29, 1.82) is 0 Å². The van der Waals surface area contributed by atoms with Crippen LogP contribution in [-0.4, -0.2) is 30.6 Å². The molecule has 120 valence electrons. The van der Waals surface area contributed by atoms with E-state index in [9.17, 15) is 0 Å². The summed E-state index contributed by atoms with van der Waals surface area (Å²) in [7, 11) is 0. The van der Waals surface area contributed by atoms with Crippen LogP contribution in [0.5, 0.6) is 0 Å². The second-order valence-electron chi connectivity index (χ2n) is 5.17. The maximum atomic E-state index is 2.36. The summed E-state index contributed by atoms with van der Waals surface area (Å²) in [6.07, 6.45) is 13.1. The fourth-order valence-electron chi connectivity index (χ4n) is 2.63. The molecule has 1 aliphatic rings. The van der Waals surface area contributed by atoms with Gasteiger partial charge in [-0.3, -0.25) is 0 Å². The first-order valence-electron chi connectivity index (χ1n) is 7.92. The van der Waals surface area contributed by atoms with E-state index in [0.717, 1.165) is 19.6 Å². The third-order valence-corrected chi connectivity index (χ3v) is 3.95. The third kappa shape index (κ3) is 4.90. The maximum Gasteiger partial charge on any atom is 0.0657 e. The van der Waals surface area contributed by atoms with Gasteiger partial charge in [-0.25, -0.2) is 0 Å². The third-order valence-electron chi connectivity index (χ3n) is 3.95. The molecule has 0 bridgehead atoms. The predicted molar refractivity (Wildman–Crippen MR) is 109 cm³/mol. The quantitative estimate of drug-likeness (QED) is 0.614. The SMILES string of the molecule is CCN(CC)c1ccc(/C=C/C2C=CC=CN2CC)cc1.I. The fraction of sp³-hybridized carbons (Fsp3) is 0.368. The van der Waals surface area contributed by atoms with Gasteiger partial charge in [0, 0.05) is 25.3 Å². The highest BCUT2D eigenvalue weighted by molar-refractivity contribution is 14.0. The molecule has 0 amide bonds. The van der Waals surface area contributed by atoms with Gasteiger partial charge < -0.3 is 9.80 Å². The zero-order chi connectivity index (χ0) is 15.1. The first kappa shape index (κ1) is 18.8. The monoisotopic (exact) mass is 410 g/mol. The van der Waals surface area contributed by atoms with E-state index < -0.39 is 0 Å². The molecule has 0 fully saturated rings. The summed E-state index contributed by atoms with van der Waals surface area (Å²) in [5.74, 6) is 0. The molecule has 0 N–H and O–H groups in total. The Bertz CT molecular complexity index is 513. The van der Waals surface area contributed by atoms with E-state index in [2.05, 4.69) is 91.4 Å². The van der Waals surface area contributed by atoms with Gasteiger partial charge >= 0.3 is 0 Å². The molecule has 0 spiro atoms. The Kier molecular flexibility index (Phi) is 8.31. The van der Waals surface area contributed by atoms with Crippen LogP contribution in [0.25, 0.3) is 6.08 Å². The van der Waals surface area contributed by atoms with E-state index >= 15 is 0 Å². The largest absolute Gasteiger partial charge is 0.372 e. The van der Waals surface area contributed by atoms with Gasteiger partial charge in [0.15, 0.2) is 0 Å². The summed E-state index contributed by atoms with van der Waals surface area (Å²) in [6, 6.07) is 9.18. The predicted octanol–water partition coefficient (Wildman–Crippen LogP) is 4.94. The van der Waals surface area contributed by atoms with Crippen LogP contribution < -0.4 is 4.90 Å². The lowest BCUT2D eigenvalue weighted by atomic mass is 10.1. The lowest BCUT2D eigenvalue weighted by molar-refractivity contribution is 0.376. The van der Waals surface area contributed by atoms with Gasteiger partial charge in [0.2, 0.25) is 0 Å². The van der Waals surface area contributed by atoms with Gasteiger partial charge in [-0.1, -0.05) is 36.4 Å². The van der Waals surface area contributed by atoms with Crippen molar-refractivity contribution in [2.45, 2.75) is 26.8 Å². The van der Waals surface area contributed by atoms with Crippen LogP contribution in [0.2, 0.25) is 0 Å². The van der Waals surface area contributed by atoms with E-state index in [1.54, 1.807) is 0 Å². The number of allylic oxidation sites excluding steroid dienone is 2. The highest BCUT2D eigenvalue weighted by Crippen LogP contribution is 2.17. The first-order chi connectivity index (χ1) is 10.3. The Morgan fingerprint density at radius 1 is 1.05 bits per heavy atom. The zero-order valence-corrected chi connectivity index (χ0v) is 16.1. The average molecular weight is 410 g/mol. The van der Waals surface area contributed by atoms with E-state index in [1.165, 1.54) is 11.3 Å². The van der Waals surface area contributed by atoms with Gasteiger partial charge in [0.05, 0.1) is 6.04 Å². The van der Waals surface area contributed by atoms with Crippen molar-refractivity contribution in [3.8, 4) is 0 Å². The minimum atomic E-state index is 0. The van der Waals surface area contributed by atoms with Crippen molar-refractivity contribution >= 4 is 35.7 Å². The molecule has 0 aromatic heterocycles. The Balaban J connectivity index is 0.00000242. The van der Waals surface area contributed by atoms with Crippen LogP contribution >= 0.6 is 24.0 Å². The summed E-state index contributed by atoms with van der Waals surface area (Å²) in [5.41, 5.74) is 2.55. The van der Waals surface area contributed by atoms with Crippen LogP contribution in [0.1, 0.15) is 26.3 Å². The second-order valence-corrected chi connectivity index (χ2v) is 5.17.